The van der Waals surface area contributed by atoms with Gasteiger partial charge in [0, 0.05) is 23.3 Å². The number of alkyl halides is 5. The fourth-order valence-corrected chi connectivity index (χ4v) is 9.46. The third kappa shape index (κ3) is 7.99. The summed E-state index contributed by atoms with van der Waals surface area (Å²) in [5.74, 6) is -3.58. The van der Waals surface area contributed by atoms with Crippen LogP contribution in [0, 0.1) is 5.92 Å². The van der Waals surface area contributed by atoms with Gasteiger partial charge in [0.15, 0.2) is 18.1 Å². The predicted molar refractivity (Wildman–Crippen MR) is 195 cm³/mol. The number of hydrogen-bond donors (Lipinski definition) is 3. The van der Waals surface area contributed by atoms with Gasteiger partial charge in [0.25, 0.3) is 12.3 Å². The molecule has 1 aromatic heterocycles. The molecule has 1 saturated heterocycles. The first-order valence-electron chi connectivity index (χ1n) is 19.1. The number of aryl methyl sites for hydroxylation is 1. The molecule has 3 N–H and O–H groups in total. The van der Waals surface area contributed by atoms with E-state index in [-0.39, 0.29) is 43.2 Å². The van der Waals surface area contributed by atoms with Crippen LogP contribution >= 0.6 is 0 Å². The summed E-state index contributed by atoms with van der Waals surface area (Å²) in [5, 5.41) is 5.38. The second-order valence-corrected chi connectivity index (χ2v) is 18.2. The highest BCUT2D eigenvalue weighted by Gasteiger charge is 2.64. The molecule has 0 radical (unpaired) electrons. The van der Waals surface area contributed by atoms with Crippen molar-refractivity contribution >= 4 is 44.7 Å². The molecular weight excluding hydrogens is 798 g/mol. The lowest BCUT2D eigenvalue weighted by Gasteiger charge is -2.37. The summed E-state index contributed by atoms with van der Waals surface area (Å²) >= 11 is 0. The van der Waals surface area contributed by atoms with Crippen LogP contribution in [0.15, 0.2) is 30.4 Å². The molecule has 20 heteroatoms. The first-order chi connectivity index (χ1) is 27.3. The van der Waals surface area contributed by atoms with Gasteiger partial charge in [0.2, 0.25) is 21.8 Å². The van der Waals surface area contributed by atoms with Crippen molar-refractivity contribution in [1.29, 1.82) is 0 Å². The molecule has 316 valence electrons. The zero-order valence-corrected chi connectivity index (χ0v) is 32.6. The average molecular weight is 842 g/mol. The maximum atomic E-state index is 14.7. The van der Waals surface area contributed by atoms with E-state index in [0.717, 1.165) is 4.90 Å². The third-order valence-electron chi connectivity index (χ3n) is 11.9. The fraction of sp³-hybridized carbons (Fsp3) is 0.605. The highest BCUT2D eigenvalue weighted by Crippen LogP contribution is 2.50. The molecule has 4 heterocycles. The number of allylic oxidation sites excluding steroid dienone is 1. The van der Waals surface area contributed by atoms with E-state index < -0.39 is 105 Å². The summed E-state index contributed by atoms with van der Waals surface area (Å²) in [7, 11) is -2.73. The number of methoxy groups -OCH3 is 1. The predicted octanol–water partition coefficient (Wildman–Crippen LogP) is 4.68. The highest BCUT2D eigenvalue weighted by molar-refractivity contribution is 7.91. The van der Waals surface area contributed by atoms with E-state index in [2.05, 4.69) is 25.1 Å². The van der Waals surface area contributed by atoms with E-state index in [1.807, 2.05) is 0 Å². The molecule has 1 spiro atoms. The van der Waals surface area contributed by atoms with Gasteiger partial charge in [-0.3, -0.25) is 19.1 Å². The van der Waals surface area contributed by atoms with Crippen LogP contribution in [-0.2, 0) is 41.7 Å². The Labute approximate surface area is 330 Å². The number of pyridine rings is 1. The molecule has 1 aromatic carbocycles. The van der Waals surface area contributed by atoms with E-state index in [1.54, 1.807) is 12.2 Å². The number of nitrogens with zero attached hydrogens (tertiary/aromatic N) is 2. The Kier molecular flexibility index (Phi) is 10.8. The summed E-state index contributed by atoms with van der Waals surface area (Å²) < 4.78 is 113. The SMILES string of the molecule is COc1ccc2nc(C(F)(F)F)c3c(c2c1)CC[C@]1(C[C@H]2C(=O)N[C@]4(C(=O)NS(=O)(=O)C5(C)CC5)C[C@H]4/C=C\CCCCC[C@H](NC(=O)OCC(F)F)C(=O)N2C1)O3. The molecule has 3 aliphatic heterocycles. The van der Waals surface area contributed by atoms with Crippen LogP contribution in [0.1, 0.15) is 82.4 Å². The van der Waals surface area contributed by atoms with Crippen LogP contribution in [0.3, 0.4) is 0 Å². The Morgan fingerprint density at radius 1 is 1.12 bits per heavy atom. The topological polar surface area (TPSA) is 182 Å². The van der Waals surface area contributed by atoms with Gasteiger partial charge < -0.3 is 29.7 Å². The Balaban J connectivity index is 1.26. The number of amides is 4. The smallest absolute Gasteiger partial charge is 0.437 e. The Morgan fingerprint density at radius 3 is 2.57 bits per heavy atom. The quantitative estimate of drug-likeness (QED) is 0.262. The number of rotatable bonds is 7. The third-order valence-corrected chi connectivity index (χ3v) is 14.1. The Bertz CT molecular complexity index is 2150. The normalized spacial score (nSPS) is 28.8. The number of benzene rings is 1. The van der Waals surface area contributed by atoms with Crippen LogP contribution in [0.25, 0.3) is 10.9 Å². The zero-order valence-electron chi connectivity index (χ0n) is 31.8. The van der Waals surface area contributed by atoms with Crippen molar-refractivity contribution in [3.63, 3.8) is 0 Å². The van der Waals surface area contributed by atoms with Gasteiger partial charge in [-0.05, 0) is 76.5 Å². The van der Waals surface area contributed by atoms with Crippen molar-refractivity contribution in [3.8, 4) is 11.5 Å². The highest BCUT2D eigenvalue weighted by atomic mass is 32.2. The summed E-state index contributed by atoms with van der Waals surface area (Å²) in [6.45, 7) is -0.201. The van der Waals surface area contributed by atoms with Gasteiger partial charge >= 0.3 is 12.3 Å². The minimum absolute atomic E-state index is 0.00154. The van der Waals surface area contributed by atoms with E-state index in [9.17, 15) is 49.5 Å². The monoisotopic (exact) mass is 841 g/mol. The molecule has 14 nitrogen and oxygen atoms in total. The summed E-state index contributed by atoms with van der Waals surface area (Å²) in [4.78, 5) is 60.5. The van der Waals surface area contributed by atoms with E-state index in [0.29, 0.717) is 49.7 Å². The van der Waals surface area contributed by atoms with Crippen LogP contribution in [0.5, 0.6) is 11.5 Å². The first-order valence-corrected chi connectivity index (χ1v) is 20.6. The van der Waals surface area contributed by atoms with Crippen LogP contribution in [-0.4, -0.2) is 96.8 Å². The number of halogens is 5. The number of sulfonamides is 1. The van der Waals surface area contributed by atoms with Crippen molar-refractivity contribution in [2.24, 2.45) is 5.92 Å². The minimum atomic E-state index is -4.98. The fourth-order valence-electron chi connectivity index (χ4n) is 8.15. The van der Waals surface area contributed by atoms with Gasteiger partial charge in [-0.15, -0.1) is 0 Å². The standard InChI is InChI=1S/C38H44F5N5O9S/c1-35(14-15-35)58(53,54)47-33(51)37-17-21(37)8-6-4-3-5-7-9-26(45-34(52)56-19-28(39)40)32(50)48-20-36(18-27(48)31(49)46-37)13-12-23-24-16-22(55-2)10-11-25(24)44-30(29(23)57-36)38(41,42)43/h6,8,10-11,16,21,26-28H,3-5,7,9,12-15,17-20H2,1-2H3,(H,45,52)(H,46,49)(H,47,51)/b8-6-/t21-,26+,27+,36-,37-/m1/s1. The first kappa shape index (κ1) is 41.4. The van der Waals surface area contributed by atoms with Crippen molar-refractivity contribution in [1.82, 2.24) is 25.2 Å². The lowest BCUT2D eigenvalue weighted by atomic mass is 9.87. The molecule has 4 amide bonds. The van der Waals surface area contributed by atoms with Crippen LogP contribution in [0.4, 0.5) is 26.7 Å². The second-order valence-electron chi connectivity index (χ2n) is 16.0. The number of carbonyl (C=O) groups excluding carboxylic acids is 4. The van der Waals surface area contributed by atoms with Crippen molar-refractivity contribution in [2.45, 2.75) is 118 Å². The van der Waals surface area contributed by atoms with Crippen molar-refractivity contribution in [3.05, 3.63) is 41.6 Å². The van der Waals surface area contributed by atoms with E-state index in [1.165, 1.54) is 32.2 Å². The largest absolute Gasteiger partial charge is 0.497 e. The average Bonchev–Trinajstić information content (AvgIpc) is 4.06. The summed E-state index contributed by atoms with van der Waals surface area (Å²) in [5.41, 5.74) is -4.43. The van der Waals surface area contributed by atoms with Gasteiger partial charge in [-0.25, -0.2) is 27.0 Å². The van der Waals surface area contributed by atoms with Gasteiger partial charge in [-0.1, -0.05) is 25.0 Å². The van der Waals surface area contributed by atoms with Crippen molar-refractivity contribution in [2.75, 3.05) is 20.3 Å². The lowest BCUT2D eigenvalue weighted by Crippen LogP contribution is -2.58. The number of fused-ring (bicyclic) bond motifs is 5. The maximum absolute atomic E-state index is 14.7. The van der Waals surface area contributed by atoms with E-state index >= 15 is 0 Å². The number of hydrogen-bond acceptors (Lipinski definition) is 10. The van der Waals surface area contributed by atoms with Crippen molar-refractivity contribution < 1.29 is 63.8 Å². The van der Waals surface area contributed by atoms with E-state index in [4.69, 9.17) is 9.47 Å². The Morgan fingerprint density at radius 2 is 1.88 bits per heavy atom. The maximum Gasteiger partial charge on any atom is 0.437 e. The van der Waals surface area contributed by atoms with Gasteiger partial charge in [-0.2, -0.15) is 13.2 Å². The minimum Gasteiger partial charge on any atom is -0.497 e. The number of alkyl carbamates (subject to hydrolysis) is 1. The second kappa shape index (κ2) is 15.1. The molecule has 0 bridgehead atoms. The molecule has 2 aliphatic carbocycles. The number of ether oxygens (including phenoxy) is 3. The molecule has 5 atom stereocenters. The molecule has 0 unspecified atom stereocenters. The van der Waals surface area contributed by atoms with Crippen LogP contribution in [0.2, 0.25) is 0 Å². The Hall–Kier alpha value is -4.75. The number of nitrogens with one attached hydrogen (secondary N) is 3. The molecule has 2 saturated carbocycles. The molecular formula is C38H44F5N5O9S. The number of aromatic nitrogens is 1. The molecule has 58 heavy (non-hydrogen) atoms. The zero-order chi connectivity index (χ0) is 41.8. The molecule has 2 aromatic rings. The molecule has 5 aliphatic rings. The molecule has 7 rings (SSSR count). The van der Waals surface area contributed by atoms with Gasteiger partial charge in [0.05, 0.1) is 23.9 Å². The summed E-state index contributed by atoms with van der Waals surface area (Å²) in [6.07, 6.45) is -3.36. The summed E-state index contributed by atoms with van der Waals surface area (Å²) in [6, 6.07) is 1.49. The lowest BCUT2D eigenvalue weighted by molar-refractivity contribution is -0.144. The van der Waals surface area contributed by atoms with Gasteiger partial charge in [0.1, 0.15) is 29.0 Å². The van der Waals surface area contributed by atoms with Crippen LogP contribution < -0.4 is 24.8 Å². The number of carbonyl (C=O) groups is 4. The molecule has 3 fully saturated rings.